The molecule has 2 nitrogen and oxygen atoms in total. The van der Waals surface area contributed by atoms with Crippen LogP contribution in [0.25, 0.3) is 0 Å². The van der Waals surface area contributed by atoms with Gasteiger partial charge >= 0.3 is 0 Å². The molecule has 2 aliphatic rings. The summed E-state index contributed by atoms with van der Waals surface area (Å²) in [6.45, 7) is 7.51. The molecule has 106 valence electrons. The minimum atomic E-state index is -0.514. The number of nitrogens with two attached hydrogens (primary N) is 1. The summed E-state index contributed by atoms with van der Waals surface area (Å²) in [6, 6.07) is 0. The topological polar surface area (TPSA) is 46.2 Å². The molecule has 0 saturated heterocycles. The Hall–Kier alpha value is -0.0800. The summed E-state index contributed by atoms with van der Waals surface area (Å²) < 4.78 is 0. The highest BCUT2D eigenvalue weighted by atomic mass is 16.3. The first kappa shape index (κ1) is 14.3. The minimum absolute atomic E-state index is 0.00634. The molecule has 0 bridgehead atoms. The van der Waals surface area contributed by atoms with Crippen molar-refractivity contribution in [3.8, 4) is 0 Å². The van der Waals surface area contributed by atoms with E-state index in [1.165, 1.54) is 19.3 Å². The molecule has 2 aliphatic carbocycles. The highest BCUT2D eigenvalue weighted by Gasteiger charge is 2.54. The predicted molar refractivity (Wildman–Crippen MR) is 76.2 cm³/mol. The Morgan fingerprint density at radius 1 is 1.00 bits per heavy atom. The first-order chi connectivity index (χ1) is 8.43. The average Bonchev–Trinajstić information content (AvgIpc) is 2.35. The zero-order valence-electron chi connectivity index (χ0n) is 12.4. The predicted octanol–water partition coefficient (Wildman–Crippen LogP) is 3.33. The summed E-state index contributed by atoms with van der Waals surface area (Å²) in [5, 5.41) is 11.4. The van der Waals surface area contributed by atoms with E-state index in [0.29, 0.717) is 18.4 Å². The van der Waals surface area contributed by atoms with E-state index in [1.807, 2.05) is 0 Å². The molecule has 0 spiro atoms. The summed E-state index contributed by atoms with van der Waals surface area (Å²) in [6.07, 6.45) is 8.10. The highest BCUT2D eigenvalue weighted by Crippen LogP contribution is 2.54. The molecule has 3 unspecified atom stereocenters. The number of rotatable bonds is 2. The largest absolute Gasteiger partial charge is 0.389 e. The van der Waals surface area contributed by atoms with Gasteiger partial charge in [-0.2, -0.15) is 0 Å². The van der Waals surface area contributed by atoms with E-state index in [1.54, 1.807) is 0 Å². The maximum Gasteiger partial charge on any atom is 0.0743 e. The molecular formula is C16H31NO. The molecule has 0 heterocycles. The normalized spacial score (nSPS) is 50.2. The molecule has 0 aromatic rings. The van der Waals surface area contributed by atoms with E-state index in [-0.39, 0.29) is 5.41 Å². The molecular weight excluding hydrogens is 222 g/mol. The zero-order chi connectivity index (χ0) is 13.4. The van der Waals surface area contributed by atoms with Gasteiger partial charge in [-0.15, -0.1) is 0 Å². The van der Waals surface area contributed by atoms with Crippen LogP contribution in [0.5, 0.6) is 0 Å². The maximum atomic E-state index is 11.4. The lowest BCUT2D eigenvalue weighted by Crippen LogP contribution is -2.59. The Morgan fingerprint density at radius 2 is 1.61 bits per heavy atom. The molecule has 2 heteroatoms. The zero-order valence-corrected chi connectivity index (χ0v) is 12.4. The van der Waals surface area contributed by atoms with E-state index in [9.17, 15) is 5.11 Å². The van der Waals surface area contributed by atoms with Crippen molar-refractivity contribution in [3.05, 3.63) is 0 Å². The average molecular weight is 253 g/mol. The van der Waals surface area contributed by atoms with Gasteiger partial charge in [0.05, 0.1) is 5.60 Å². The van der Waals surface area contributed by atoms with Gasteiger partial charge in [0.15, 0.2) is 0 Å². The van der Waals surface area contributed by atoms with Crippen LogP contribution in [0.1, 0.15) is 65.7 Å². The van der Waals surface area contributed by atoms with Gasteiger partial charge in [-0.25, -0.2) is 0 Å². The van der Waals surface area contributed by atoms with E-state index >= 15 is 0 Å². The van der Waals surface area contributed by atoms with Gasteiger partial charge in [-0.05, 0) is 43.4 Å². The van der Waals surface area contributed by atoms with Crippen molar-refractivity contribution in [1.29, 1.82) is 0 Å². The van der Waals surface area contributed by atoms with Crippen molar-refractivity contribution in [2.45, 2.75) is 71.3 Å². The van der Waals surface area contributed by atoms with Gasteiger partial charge in [-0.1, -0.05) is 40.0 Å². The second-order valence-electron chi connectivity index (χ2n) is 7.38. The van der Waals surface area contributed by atoms with Crippen molar-refractivity contribution in [2.24, 2.45) is 28.9 Å². The SMILES string of the molecule is CC1CCC(CN)(C2(O)CC(C)CCC2C)CC1. The molecule has 0 aliphatic heterocycles. The van der Waals surface area contributed by atoms with Crippen LogP contribution in [-0.4, -0.2) is 17.3 Å². The first-order valence-electron chi connectivity index (χ1n) is 7.86. The quantitative estimate of drug-likeness (QED) is 0.793. The van der Waals surface area contributed by atoms with Gasteiger partial charge in [0.1, 0.15) is 0 Å². The lowest BCUT2D eigenvalue weighted by Gasteiger charge is -2.56. The molecule has 0 amide bonds. The molecule has 3 atom stereocenters. The Morgan fingerprint density at radius 3 is 2.17 bits per heavy atom. The Kier molecular flexibility index (Phi) is 4.08. The standard InChI is InChI=1S/C16H31NO/c1-12-6-8-15(11-17,9-7-12)16(18)10-13(2)4-5-14(16)3/h12-14,18H,4-11,17H2,1-3H3. The summed E-state index contributed by atoms with van der Waals surface area (Å²) in [5.41, 5.74) is 5.63. The van der Waals surface area contributed by atoms with Gasteiger partial charge < -0.3 is 10.8 Å². The van der Waals surface area contributed by atoms with Crippen molar-refractivity contribution >= 4 is 0 Å². The molecule has 2 rings (SSSR count). The summed E-state index contributed by atoms with van der Waals surface area (Å²) >= 11 is 0. The second-order valence-corrected chi connectivity index (χ2v) is 7.38. The second kappa shape index (κ2) is 5.13. The van der Waals surface area contributed by atoms with Gasteiger partial charge in [0.2, 0.25) is 0 Å². The Balaban J connectivity index is 2.24. The maximum absolute atomic E-state index is 11.4. The third kappa shape index (κ3) is 2.22. The summed E-state index contributed by atoms with van der Waals surface area (Å²) in [4.78, 5) is 0. The van der Waals surface area contributed by atoms with Crippen LogP contribution in [0.15, 0.2) is 0 Å². The van der Waals surface area contributed by atoms with Crippen LogP contribution in [0.3, 0.4) is 0 Å². The molecule has 18 heavy (non-hydrogen) atoms. The smallest absolute Gasteiger partial charge is 0.0743 e. The van der Waals surface area contributed by atoms with E-state index in [0.717, 1.165) is 31.6 Å². The van der Waals surface area contributed by atoms with Crippen LogP contribution < -0.4 is 5.73 Å². The fraction of sp³-hybridized carbons (Fsp3) is 1.00. The molecule has 0 radical (unpaired) electrons. The van der Waals surface area contributed by atoms with Crippen molar-refractivity contribution in [1.82, 2.24) is 0 Å². The summed E-state index contributed by atoms with van der Waals surface area (Å²) in [5.74, 6) is 1.87. The van der Waals surface area contributed by atoms with E-state index in [4.69, 9.17) is 5.73 Å². The van der Waals surface area contributed by atoms with Crippen LogP contribution in [0.2, 0.25) is 0 Å². The number of aliphatic hydroxyl groups is 1. The molecule has 3 N–H and O–H groups in total. The van der Waals surface area contributed by atoms with Gasteiger partial charge in [0.25, 0.3) is 0 Å². The summed E-state index contributed by atoms with van der Waals surface area (Å²) in [7, 11) is 0. The first-order valence-corrected chi connectivity index (χ1v) is 7.86. The lowest BCUT2D eigenvalue weighted by molar-refractivity contribution is -0.165. The number of hydrogen-bond acceptors (Lipinski definition) is 2. The van der Waals surface area contributed by atoms with Gasteiger partial charge in [0, 0.05) is 12.0 Å². The third-order valence-electron chi connectivity index (χ3n) is 6.11. The van der Waals surface area contributed by atoms with Crippen molar-refractivity contribution in [2.75, 3.05) is 6.54 Å². The fourth-order valence-corrected chi connectivity index (χ4v) is 4.48. The lowest BCUT2D eigenvalue weighted by atomic mass is 9.53. The van der Waals surface area contributed by atoms with Crippen LogP contribution in [-0.2, 0) is 0 Å². The van der Waals surface area contributed by atoms with Gasteiger partial charge in [-0.3, -0.25) is 0 Å². The molecule has 2 fully saturated rings. The Bertz CT molecular complexity index is 283. The molecule has 0 aromatic heterocycles. The molecule has 2 saturated carbocycles. The minimum Gasteiger partial charge on any atom is -0.389 e. The Labute approximate surface area is 112 Å². The van der Waals surface area contributed by atoms with Crippen LogP contribution in [0, 0.1) is 23.2 Å². The fourth-order valence-electron chi connectivity index (χ4n) is 4.48. The monoisotopic (exact) mass is 253 g/mol. The van der Waals surface area contributed by atoms with Crippen LogP contribution >= 0.6 is 0 Å². The molecule has 0 aromatic carbocycles. The van der Waals surface area contributed by atoms with Crippen molar-refractivity contribution < 1.29 is 5.11 Å². The van der Waals surface area contributed by atoms with E-state index < -0.39 is 5.60 Å². The number of hydrogen-bond donors (Lipinski definition) is 2. The van der Waals surface area contributed by atoms with E-state index in [2.05, 4.69) is 20.8 Å². The van der Waals surface area contributed by atoms with Crippen LogP contribution in [0.4, 0.5) is 0 Å². The third-order valence-corrected chi connectivity index (χ3v) is 6.11. The highest BCUT2D eigenvalue weighted by molar-refractivity contribution is 5.06. The van der Waals surface area contributed by atoms with Crippen molar-refractivity contribution in [3.63, 3.8) is 0 Å².